The molecule has 1 saturated carbocycles. The molecule has 2 heterocycles. The van der Waals surface area contributed by atoms with Gasteiger partial charge in [-0.15, -0.1) is 0 Å². The van der Waals surface area contributed by atoms with Crippen molar-refractivity contribution in [3.8, 4) is 5.69 Å². The van der Waals surface area contributed by atoms with E-state index in [9.17, 15) is 4.79 Å². The molecule has 0 aliphatic heterocycles. The van der Waals surface area contributed by atoms with Crippen molar-refractivity contribution in [1.29, 1.82) is 0 Å². The minimum Gasteiger partial charge on any atom is -0.444 e. The smallest absolute Gasteiger partial charge is 0.408 e. The van der Waals surface area contributed by atoms with E-state index in [0.29, 0.717) is 11.7 Å². The predicted molar refractivity (Wildman–Crippen MR) is 84.2 cm³/mol. The summed E-state index contributed by atoms with van der Waals surface area (Å²) in [7, 11) is 0. The molecule has 0 bridgehead atoms. The highest BCUT2D eigenvalue weighted by Gasteiger charge is 2.24. The third-order valence-electron chi connectivity index (χ3n) is 3.42. The summed E-state index contributed by atoms with van der Waals surface area (Å²) in [6.45, 7) is 5.70. The first kappa shape index (κ1) is 15.5. The molecule has 2 aromatic heterocycles. The fourth-order valence-electron chi connectivity index (χ4n) is 2.21. The van der Waals surface area contributed by atoms with Crippen LogP contribution in [0.4, 0.5) is 4.79 Å². The molecular weight excluding hydrogens is 294 g/mol. The number of rotatable bonds is 4. The zero-order valence-electron chi connectivity index (χ0n) is 13.6. The lowest BCUT2D eigenvalue weighted by atomic mass is 10.2. The molecule has 3 rings (SSSR count). The maximum atomic E-state index is 11.7. The largest absolute Gasteiger partial charge is 0.444 e. The second kappa shape index (κ2) is 5.98. The number of aromatic nitrogens is 4. The maximum absolute atomic E-state index is 11.7. The number of pyridine rings is 1. The number of alkyl carbamates (subject to hydrolysis) is 1. The SMILES string of the molecule is CC(C)(C)OC(=O)NCc1ncnn1-c1ccc(C2CC2)nc1. The van der Waals surface area contributed by atoms with Crippen LogP contribution in [-0.4, -0.2) is 31.4 Å². The molecule has 7 nitrogen and oxygen atoms in total. The van der Waals surface area contributed by atoms with E-state index in [1.807, 2.05) is 32.9 Å². The van der Waals surface area contributed by atoms with E-state index in [0.717, 1.165) is 11.4 Å². The average molecular weight is 315 g/mol. The Morgan fingerprint density at radius 3 is 2.74 bits per heavy atom. The van der Waals surface area contributed by atoms with Gasteiger partial charge in [-0.05, 0) is 45.7 Å². The zero-order chi connectivity index (χ0) is 16.4. The molecule has 0 aromatic carbocycles. The number of carbonyl (C=O) groups is 1. The lowest BCUT2D eigenvalue weighted by Crippen LogP contribution is -2.32. The van der Waals surface area contributed by atoms with E-state index in [1.54, 1.807) is 10.9 Å². The third-order valence-corrected chi connectivity index (χ3v) is 3.42. The molecule has 1 aliphatic rings. The number of nitrogens with one attached hydrogen (secondary N) is 1. The van der Waals surface area contributed by atoms with Gasteiger partial charge in [-0.2, -0.15) is 5.10 Å². The molecule has 122 valence electrons. The normalized spacial score (nSPS) is 14.6. The molecule has 0 atom stereocenters. The second-order valence-corrected chi connectivity index (χ2v) is 6.66. The number of hydrogen-bond donors (Lipinski definition) is 1. The van der Waals surface area contributed by atoms with Gasteiger partial charge in [-0.1, -0.05) is 0 Å². The molecule has 7 heteroatoms. The summed E-state index contributed by atoms with van der Waals surface area (Å²) < 4.78 is 6.88. The zero-order valence-corrected chi connectivity index (χ0v) is 13.6. The highest BCUT2D eigenvalue weighted by Crippen LogP contribution is 2.38. The van der Waals surface area contributed by atoms with Crippen LogP contribution in [-0.2, 0) is 11.3 Å². The van der Waals surface area contributed by atoms with Crippen LogP contribution in [0.1, 0.15) is 51.0 Å². The lowest BCUT2D eigenvalue weighted by Gasteiger charge is -2.19. The molecule has 0 spiro atoms. The minimum absolute atomic E-state index is 0.235. The van der Waals surface area contributed by atoms with E-state index in [4.69, 9.17) is 4.74 Å². The summed E-state index contributed by atoms with van der Waals surface area (Å²) in [5, 5.41) is 6.89. The number of ether oxygens (including phenoxy) is 1. The first-order chi connectivity index (χ1) is 10.9. The molecule has 0 unspecified atom stereocenters. The van der Waals surface area contributed by atoms with E-state index in [2.05, 4.69) is 20.4 Å². The maximum Gasteiger partial charge on any atom is 0.408 e. The van der Waals surface area contributed by atoms with Gasteiger partial charge >= 0.3 is 6.09 Å². The third kappa shape index (κ3) is 4.06. The summed E-state index contributed by atoms with van der Waals surface area (Å²) in [6, 6.07) is 4.01. The molecule has 1 amide bonds. The number of amides is 1. The molecular formula is C16H21N5O2. The highest BCUT2D eigenvalue weighted by molar-refractivity contribution is 5.67. The van der Waals surface area contributed by atoms with Gasteiger partial charge in [-0.25, -0.2) is 14.5 Å². The van der Waals surface area contributed by atoms with Crippen LogP contribution in [0.5, 0.6) is 0 Å². The Hall–Kier alpha value is -2.44. The van der Waals surface area contributed by atoms with E-state index < -0.39 is 11.7 Å². The van der Waals surface area contributed by atoms with Crippen molar-refractivity contribution in [2.45, 2.75) is 51.7 Å². The Morgan fingerprint density at radius 2 is 2.13 bits per heavy atom. The summed E-state index contributed by atoms with van der Waals surface area (Å²) in [5.74, 6) is 1.24. The predicted octanol–water partition coefficient (Wildman–Crippen LogP) is 2.56. The van der Waals surface area contributed by atoms with Gasteiger partial charge in [0, 0.05) is 11.6 Å². The van der Waals surface area contributed by atoms with Crippen molar-refractivity contribution in [3.05, 3.63) is 36.2 Å². The molecule has 0 saturated heterocycles. The average Bonchev–Trinajstić information content (AvgIpc) is 3.22. The second-order valence-electron chi connectivity index (χ2n) is 6.66. The van der Waals surface area contributed by atoms with Gasteiger partial charge in [-0.3, -0.25) is 4.98 Å². The van der Waals surface area contributed by atoms with E-state index in [1.165, 1.54) is 19.2 Å². The quantitative estimate of drug-likeness (QED) is 0.937. The van der Waals surface area contributed by atoms with Crippen molar-refractivity contribution in [2.24, 2.45) is 0 Å². The van der Waals surface area contributed by atoms with Gasteiger partial charge in [0.05, 0.1) is 18.4 Å². The van der Waals surface area contributed by atoms with Crippen LogP contribution in [0.3, 0.4) is 0 Å². The van der Waals surface area contributed by atoms with Crippen LogP contribution < -0.4 is 5.32 Å². The van der Waals surface area contributed by atoms with Gasteiger partial charge in [0.25, 0.3) is 0 Å². The summed E-state index contributed by atoms with van der Waals surface area (Å²) >= 11 is 0. The highest BCUT2D eigenvalue weighted by atomic mass is 16.6. The molecule has 1 aliphatic carbocycles. The van der Waals surface area contributed by atoms with Crippen LogP contribution in [0.2, 0.25) is 0 Å². The molecule has 0 radical (unpaired) electrons. The Morgan fingerprint density at radius 1 is 1.35 bits per heavy atom. The Bertz CT molecular complexity index is 683. The van der Waals surface area contributed by atoms with Crippen LogP contribution in [0.15, 0.2) is 24.7 Å². The number of nitrogens with zero attached hydrogens (tertiary/aromatic N) is 4. The van der Waals surface area contributed by atoms with Gasteiger partial charge in [0.1, 0.15) is 11.9 Å². The molecule has 2 aromatic rings. The van der Waals surface area contributed by atoms with Gasteiger partial charge in [0.15, 0.2) is 5.82 Å². The molecule has 1 fully saturated rings. The fourth-order valence-corrected chi connectivity index (χ4v) is 2.21. The van der Waals surface area contributed by atoms with Crippen molar-refractivity contribution in [2.75, 3.05) is 0 Å². The monoisotopic (exact) mass is 315 g/mol. The van der Waals surface area contributed by atoms with Crippen molar-refractivity contribution < 1.29 is 9.53 Å². The minimum atomic E-state index is -0.527. The standard InChI is InChI=1S/C16H21N5O2/c1-16(2,3)23-15(22)18-9-14-19-10-20-21(14)12-6-7-13(17-8-12)11-4-5-11/h6-8,10-11H,4-5,9H2,1-3H3,(H,18,22). The summed E-state index contributed by atoms with van der Waals surface area (Å²) in [4.78, 5) is 20.4. The number of carbonyl (C=O) groups excluding carboxylic acids is 1. The Labute approximate surface area is 135 Å². The van der Waals surface area contributed by atoms with Crippen LogP contribution in [0.25, 0.3) is 5.69 Å². The lowest BCUT2D eigenvalue weighted by molar-refractivity contribution is 0.0522. The summed E-state index contributed by atoms with van der Waals surface area (Å²) in [6.07, 6.45) is 5.22. The first-order valence-electron chi connectivity index (χ1n) is 7.74. The topological polar surface area (TPSA) is 81.9 Å². The number of hydrogen-bond acceptors (Lipinski definition) is 5. The van der Waals surface area contributed by atoms with Crippen molar-refractivity contribution in [1.82, 2.24) is 25.1 Å². The Balaban J connectivity index is 1.66. The van der Waals surface area contributed by atoms with Gasteiger partial charge < -0.3 is 10.1 Å². The van der Waals surface area contributed by atoms with Crippen molar-refractivity contribution in [3.63, 3.8) is 0 Å². The Kier molecular flexibility index (Phi) is 4.02. The van der Waals surface area contributed by atoms with Crippen LogP contribution in [0, 0.1) is 0 Å². The fraction of sp³-hybridized carbons (Fsp3) is 0.500. The van der Waals surface area contributed by atoms with E-state index >= 15 is 0 Å². The summed E-state index contributed by atoms with van der Waals surface area (Å²) in [5.41, 5.74) is 1.43. The van der Waals surface area contributed by atoms with Gasteiger partial charge in [0.2, 0.25) is 0 Å². The molecule has 23 heavy (non-hydrogen) atoms. The molecule has 1 N–H and O–H groups in total. The first-order valence-corrected chi connectivity index (χ1v) is 7.74. The van der Waals surface area contributed by atoms with Crippen molar-refractivity contribution >= 4 is 6.09 Å². The van der Waals surface area contributed by atoms with E-state index in [-0.39, 0.29) is 6.54 Å². The van der Waals surface area contributed by atoms with Crippen LogP contribution >= 0.6 is 0 Å².